The zero-order valence-corrected chi connectivity index (χ0v) is 16.5. The highest BCUT2D eigenvalue weighted by atomic mass is 35.5. The van der Waals surface area contributed by atoms with Crippen LogP contribution in [0.1, 0.15) is 11.1 Å². The first-order valence-electron chi connectivity index (χ1n) is 8.65. The fraction of sp³-hybridized carbons (Fsp3) is 0.174. The summed E-state index contributed by atoms with van der Waals surface area (Å²) in [5.41, 5.74) is 6.85. The van der Waals surface area contributed by atoms with Crippen molar-refractivity contribution in [2.45, 2.75) is 0 Å². The number of allylic oxidation sites excluding steroid dienone is 5. The number of halogens is 1. The Labute approximate surface area is 161 Å². The maximum absolute atomic E-state index is 6.54. The Morgan fingerprint density at radius 3 is 2.00 bits per heavy atom. The topological polar surface area (TPSA) is 6.25 Å². The van der Waals surface area contributed by atoms with E-state index in [2.05, 4.69) is 64.1 Å². The van der Waals surface area contributed by atoms with Gasteiger partial charge in [0.1, 0.15) is 14.1 Å². The van der Waals surface area contributed by atoms with Crippen molar-refractivity contribution in [1.82, 2.24) is 0 Å². The number of anilines is 1. The van der Waals surface area contributed by atoms with Crippen molar-refractivity contribution in [3.63, 3.8) is 0 Å². The minimum Gasteiger partial charge on any atom is -0.378 e. The lowest BCUT2D eigenvalue weighted by molar-refractivity contribution is -0.462. The molecule has 1 aliphatic carbocycles. The summed E-state index contributed by atoms with van der Waals surface area (Å²) in [6.07, 6.45) is 8.60. The van der Waals surface area contributed by atoms with Gasteiger partial charge in [0.05, 0.1) is 0 Å². The van der Waals surface area contributed by atoms with E-state index in [9.17, 15) is 0 Å². The summed E-state index contributed by atoms with van der Waals surface area (Å²) < 4.78 is 2.10. The molecule has 3 rings (SSSR count). The SMILES string of the molecule is CN(C)c1ccc(C(=C2C=CC(=[N+](C)C)C=C2)c2ccccc2Cl)cc1. The minimum atomic E-state index is 0.760. The lowest BCUT2D eigenvalue weighted by atomic mass is 9.90. The van der Waals surface area contributed by atoms with Crippen molar-refractivity contribution < 1.29 is 4.58 Å². The van der Waals surface area contributed by atoms with Gasteiger partial charge in [-0.05, 0) is 47.1 Å². The monoisotopic (exact) mass is 363 g/mol. The van der Waals surface area contributed by atoms with Gasteiger partial charge < -0.3 is 4.90 Å². The molecule has 2 aromatic carbocycles. The summed E-state index contributed by atoms with van der Waals surface area (Å²) in [5, 5.41) is 0.760. The van der Waals surface area contributed by atoms with Crippen LogP contribution in [0.2, 0.25) is 5.02 Å². The molecule has 0 heterocycles. The normalized spacial score (nSPS) is 13.1. The van der Waals surface area contributed by atoms with Crippen molar-refractivity contribution in [2.24, 2.45) is 0 Å². The van der Waals surface area contributed by atoms with Crippen LogP contribution in [0.4, 0.5) is 5.69 Å². The minimum absolute atomic E-state index is 0.760. The molecule has 0 aromatic heterocycles. The molecule has 132 valence electrons. The van der Waals surface area contributed by atoms with Crippen LogP contribution in [0, 0.1) is 0 Å². The van der Waals surface area contributed by atoms with Crippen molar-refractivity contribution >= 4 is 28.6 Å². The molecule has 0 spiro atoms. The second kappa shape index (κ2) is 7.76. The second-order valence-electron chi connectivity index (χ2n) is 6.74. The van der Waals surface area contributed by atoms with Crippen LogP contribution in [0.25, 0.3) is 5.57 Å². The van der Waals surface area contributed by atoms with Crippen LogP contribution in [0.3, 0.4) is 0 Å². The first-order chi connectivity index (χ1) is 12.5. The van der Waals surface area contributed by atoms with E-state index in [1.807, 2.05) is 46.4 Å². The van der Waals surface area contributed by atoms with Crippen molar-refractivity contribution in [3.8, 4) is 0 Å². The van der Waals surface area contributed by atoms with Crippen molar-refractivity contribution in [2.75, 3.05) is 33.1 Å². The fourth-order valence-corrected chi connectivity index (χ4v) is 3.22. The van der Waals surface area contributed by atoms with Crippen molar-refractivity contribution in [1.29, 1.82) is 0 Å². The van der Waals surface area contributed by atoms with E-state index in [-0.39, 0.29) is 0 Å². The lowest BCUT2D eigenvalue weighted by Gasteiger charge is -2.17. The first-order valence-corrected chi connectivity index (χ1v) is 9.02. The van der Waals surface area contributed by atoms with Gasteiger partial charge in [0.15, 0.2) is 5.71 Å². The van der Waals surface area contributed by atoms with Crippen LogP contribution in [-0.2, 0) is 0 Å². The molecule has 3 heteroatoms. The zero-order valence-electron chi connectivity index (χ0n) is 15.7. The summed E-state index contributed by atoms with van der Waals surface area (Å²) in [7, 11) is 8.20. The zero-order chi connectivity index (χ0) is 18.7. The van der Waals surface area contributed by atoms with Gasteiger partial charge >= 0.3 is 0 Å². The first kappa shape index (κ1) is 18.2. The van der Waals surface area contributed by atoms with Gasteiger partial charge in [-0.3, -0.25) is 0 Å². The fourth-order valence-electron chi connectivity index (χ4n) is 2.99. The van der Waals surface area contributed by atoms with Crippen LogP contribution < -0.4 is 4.90 Å². The summed E-state index contributed by atoms with van der Waals surface area (Å²) in [6, 6.07) is 16.6. The van der Waals surface area contributed by atoms with E-state index in [1.54, 1.807) is 0 Å². The Bertz CT molecular complexity index is 907. The molecule has 0 saturated heterocycles. The van der Waals surface area contributed by atoms with Crippen LogP contribution >= 0.6 is 11.6 Å². The molecule has 1 aliphatic rings. The van der Waals surface area contributed by atoms with Crippen LogP contribution in [0.5, 0.6) is 0 Å². The standard InChI is InChI=1S/C23H24ClN2/c1-25(2)19-13-9-17(10-14-19)23(21-7-5-6-8-22(21)24)18-11-15-20(16-12-18)26(3)4/h5-16H,1-4H3/q+1. The quantitative estimate of drug-likeness (QED) is 0.692. The molecule has 2 aromatic rings. The van der Waals surface area contributed by atoms with Gasteiger partial charge in [-0.25, -0.2) is 4.58 Å². The second-order valence-corrected chi connectivity index (χ2v) is 7.14. The van der Waals surface area contributed by atoms with E-state index in [4.69, 9.17) is 11.6 Å². The van der Waals surface area contributed by atoms with Gasteiger partial charge in [-0.1, -0.05) is 41.9 Å². The summed E-state index contributed by atoms with van der Waals surface area (Å²) in [4.78, 5) is 2.10. The molecule has 0 aliphatic heterocycles. The molecule has 0 bridgehead atoms. The van der Waals surface area contributed by atoms with E-state index in [1.165, 1.54) is 11.4 Å². The Balaban J connectivity index is 2.17. The molecule has 0 fully saturated rings. The summed E-state index contributed by atoms with van der Waals surface area (Å²) in [6.45, 7) is 0. The largest absolute Gasteiger partial charge is 0.378 e. The van der Waals surface area contributed by atoms with E-state index < -0.39 is 0 Å². The molecule has 0 amide bonds. The van der Waals surface area contributed by atoms with E-state index >= 15 is 0 Å². The highest BCUT2D eigenvalue weighted by Crippen LogP contribution is 2.34. The summed E-state index contributed by atoms with van der Waals surface area (Å²) in [5.74, 6) is 0. The number of hydrogen-bond donors (Lipinski definition) is 0. The number of benzene rings is 2. The van der Waals surface area contributed by atoms with E-state index in [0.29, 0.717) is 0 Å². The number of nitrogens with zero attached hydrogens (tertiary/aromatic N) is 2. The smallest absolute Gasteiger partial charge is 0.199 e. The third kappa shape index (κ3) is 3.81. The number of hydrogen-bond acceptors (Lipinski definition) is 1. The third-order valence-corrected chi connectivity index (χ3v) is 4.82. The molecule has 26 heavy (non-hydrogen) atoms. The van der Waals surface area contributed by atoms with Gasteiger partial charge in [0, 0.05) is 42.5 Å². The molecular weight excluding hydrogens is 340 g/mol. The molecule has 2 nitrogen and oxygen atoms in total. The highest BCUT2D eigenvalue weighted by molar-refractivity contribution is 6.32. The molecule has 0 atom stereocenters. The molecule has 0 radical (unpaired) electrons. The Morgan fingerprint density at radius 1 is 0.846 bits per heavy atom. The maximum atomic E-state index is 6.54. The Hall–Kier alpha value is -2.58. The average molecular weight is 364 g/mol. The molecule has 0 unspecified atom stereocenters. The predicted octanol–water partition coefficient (Wildman–Crippen LogP) is 5.05. The van der Waals surface area contributed by atoms with Crippen molar-refractivity contribution in [3.05, 3.63) is 94.6 Å². The average Bonchev–Trinajstić information content (AvgIpc) is 2.64. The third-order valence-electron chi connectivity index (χ3n) is 4.49. The van der Waals surface area contributed by atoms with Gasteiger partial charge in [-0.2, -0.15) is 0 Å². The van der Waals surface area contributed by atoms with Gasteiger partial charge in [0.25, 0.3) is 0 Å². The Kier molecular flexibility index (Phi) is 5.43. The Morgan fingerprint density at radius 2 is 1.46 bits per heavy atom. The van der Waals surface area contributed by atoms with Gasteiger partial charge in [0.2, 0.25) is 0 Å². The number of rotatable bonds is 3. The summed E-state index contributed by atoms with van der Waals surface area (Å²) >= 11 is 6.54. The highest BCUT2D eigenvalue weighted by Gasteiger charge is 2.15. The van der Waals surface area contributed by atoms with Crippen LogP contribution in [0.15, 0.2) is 78.4 Å². The lowest BCUT2D eigenvalue weighted by Crippen LogP contribution is -2.10. The predicted molar refractivity (Wildman–Crippen MR) is 114 cm³/mol. The van der Waals surface area contributed by atoms with E-state index in [0.717, 1.165) is 27.3 Å². The van der Waals surface area contributed by atoms with Crippen LogP contribution in [-0.4, -0.2) is 38.5 Å². The molecule has 0 saturated carbocycles. The molecular formula is C23H24ClN2+. The maximum Gasteiger partial charge on any atom is 0.199 e. The molecule has 0 N–H and O–H groups in total. The van der Waals surface area contributed by atoms with Gasteiger partial charge in [-0.15, -0.1) is 0 Å².